The number of nitrogens with zero attached hydrogens (tertiary/aromatic N) is 1. The zero-order chi connectivity index (χ0) is 24.2. The summed E-state index contributed by atoms with van der Waals surface area (Å²) in [4.78, 5) is 44.5. The number of piperidine rings is 1. The Bertz CT molecular complexity index is 950. The average Bonchev–Trinajstić information content (AvgIpc) is 2.80. The molecule has 3 rings (SSSR count). The summed E-state index contributed by atoms with van der Waals surface area (Å²) in [5, 5.41) is 20.8. The summed E-state index contributed by atoms with van der Waals surface area (Å²) in [6.07, 6.45) is 1.34. The second-order valence-corrected chi connectivity index (χ2v) is 7.31. The van der Waals surface area contributed by atoms with Crippen LogP contribution in [0.3, 0.4) is 0 Å². The number of amides is 2. The molecular formula is C23H26FN3O6. The van der Waals surface area contributed by atoms with Crippen molar-refractivity contribution in [2.75, 3.05) is 19.6 Å². The first-order valence-electron chi connectivity index (χ1n) is 10.3. The Balaban J connectivity index is 0.000000569. The number of carbonyl (C=O) groups excluding carboxylic acids is 2. The maximum atomic E-state index is 13.7. The van der Waals surface area contributed by atoms with Crippen molar-refractivity contribution < 1.29 is 33.8 Å². The van der Waals surface area contributed by atoms with Crippen molar-refractivity contribution in [2.24, 2.45) is 0 Å². The standard InChI is InChI=1S/C21H24FN3O2.C2H2O4/c22-19-9-5-4-8-18(19)21(27)24-17-10-12-25(13-11-17)20(26)15-23-14-16-6-2-1-3-7-16;3-1(4)2(5)6/h1-9,17,23H,10-15H2,(H,24,27);(H,3,4)(H,5,6). The number of aliphatic carboxylic acids is 2. The zero-order valence-electron chi connectivity index (χ0n) is 17.9. The second kappa shape index (κ2) is 12.9. The van der Waals surface area contributed by atoms with Crippen molar-refractivity contribution in [1.29, 1.82) is 0 Å². The van der Waals surface area contributed by atoms with E-state index in [0.29, 0.717) is 39.0 Å². The minimum Gasteiger partial charge on any atom is -0.473 e. The predicted molar refractivity (Wildman–Crippen MR) is 117 cm³/mol. The summed E-state index contributed by atoms with van der Waals surface area (Å²) in [5.74, 6) is -4.51. The minimum atomic E-state index is -1.82. The van der Waals surface area contributed by atoms with Crippen molar-refractivity contribution in [2.45, 2.75) is 25.4 Å². The molecule has 0 radical (unpaired) electrons. The van der Waals surface area contributed by atoms with E-state index in [1.165, 1.54) is 12.1 Å². The molecule has 9 nitrogen and oxygen atoms in total. The van der Waals surface area contributed by atoms with Gasteiger partial charge in [0.05, 0.1) is 12.1 Å². The molecule has 0 saturated carbocycles. The SMILES string of the molecule is O=C(NC1CCN(C(=O)CNCc2ccccc2)CC1)c1ccccc1F.O=C(O)C(=O)O. The van der Waals surface area contributed by atoms with Crippen molar-refractivity contribution >= 4 is 23.8 Å². The smallest absolute Gasteiger partial charge is 0.414 e. The van der Waals surface area contributed by atoms with Crippen LogP contribution in [0.25, 0.3) is 0 Å². The van der Waals surface area contributed by atoms with E-state index in [0.717, 1.165) is 5.56 Å². The summed E-state index contributed by atoms with van der Waals surface area (Å²) >= 11 is 0. The van der Waals surface area contributed by atoms with Crippen molar-refractivity contribution in [3.63, 3.8) is 0 Å². The highest BCUT2D eigenvalue weighted by Gasteiger charge is 2.24. The van der Waals surface area contributed by atoms with Crippen LogP contribution in [-0.4, -0.2) is 64.5 Å². The van der Waals surface area contributed by atoms with Gasteiger partial charge in [0.1, 0.15) is 5.82 Å². The highest BCUT2D eigenvalue weighted by atomic mass is 19.1. The Hall–Kier alpha value is -3.79. The Morgan fingerprint density at radius 3 is 2.06 bits per heavy atom. The van der Waals surface area contributed by atoms with E-state index in [4.69, 9.17) is 19.8 Å². The Morgan fingerprint density at radius 2 is 1.48 bits per heavy atom. The number of nitrogens with one attached hydrogen (secondary N) is 2. The molecular weight excluding hydrogens is 433 g/mol. The van der Waals surface area contributed by atoms with E-state index >= 15 is 0 Å². The van der Waals surface area contributed by atoms with Crippen LogP contribution in [0.4, 0.5) is 4.39 Å². The molecule has 0 aliphatic carbocycles. The Morgan fingerprint density at radius 1 is 0.909 bits per heavy atom. The summed E-state index contributed by atoms with van der Waals surface area (Å²) in [7, 11) is 0. The molecule has 10 heteroatoms. The molecule has 176 valence electrons. The van der Waals surface area contributed by atoms with Crippen LogP contribution in [0.1, 0.15) is 28.8 Å². The zero-order valence-corrected chi connectivity index (χ0v) is 17.9. The molecule has 0 bridgehead atoms. The lowest BCUT2D eigenvalue weighted by atomic mass is 10.0. The fraction of sp³-hybridized carbons (Fsp3) is 0.304. The number of carboxylic acids is 2. The Kier molecular flexibility index (Phi) is 9.97. The normalized spacial score (nSPS) is 13.4. The van der Waals surface area contributed by atoms with Crippen LogP contribution in [0.15, 0.2) is 54.6 Å². The second-order valence-electron chi connectivity index (χ2n) is 7.31. The number of hydrogen-bond donors (Lipinski definition) is 4. The number of halogens is 1. The molecule has 1 aliphatic rings. The first kappa shape index (κ1) is 25.5. The molecule has 1 saturated heterocycles. The Labute approximate surface area is 190 Å². The van der Waals surface area contributed by atoms with E-state index < -0.39 is 23.7 Å². The van der Waals surface area contributed by atoms with E-state index in [9.17, 15) is 14.0 Å². The van der Waals surface area contributed by atoms with Gasteiger partial charge in [0.15, 0.2) is 0 Å². The first-order chi connectivity index (χ1) is 15.8. The van der Waals surface area contributed by atoms with Gasteiger partial charge in [0.25, 0.3) is 5.91 Å². The van der Waals surface area contributed by atoms with Gasteiger partial charge in [-0.2, -0.15) is 0 Å². The topological polar surface area (TPSA) is 136 Å². The number of rotatable bonds is 6. The third-order valence-corrected chi connectivity index (χ3v) is 4.93. The third kappa shape index (κ3) is 8.69. The van der Waals surface area contributed by atoms with E-state index in [1.54, 1.807) is 12.1 Å². The largest absolute Gasteiger partial charge is 0.473 e. The molecule has 0 atom stereocenters. The third-order valence-electron chi connectivity index (χ3n) is 4.93. The molecule has 2 amide bonds. The maximum absolute atomic E-state index is 13.7. The highest BCUT2D eigenvalue weighted by Crippen LogP contribution is 2.13. The van der Waals surface area contributed by atoms with Crippen LogP contribution in [0.2, 0.25) is 0 Å². The number of carboxylic acid groups (broad SMARTS) is 2. The molecule has 1 fully saturated rings. The average molecular weight is 459 g/mol. The quantitative estimate of drug-likeness (QED) is 0.481. The molecule has 1 aliphatic heterocycles. The van der Waals surface area contributed by atoms with Gasteiger partial charge in [-0.05, 0) is 30.5 Å². The highest BCUT2D eigenvalue weighted by molar-refractivity contribution is 6.27. The van der Waals surface area contributed by atoms with Crippen LogP contribution >= 0.6 is 0 Å². The molecule has 4 N–H and O–H groups in total. The summed E-state index contributed by atoms with van der Waals surface area (Å²) < 4.78 is 13.7. The summed E-state index contributed by atoms with van der Waals surface area (Å²) in [6.45, 7) is 2.13. The number of hydrogen-bond acceptors (Lipinski definition) is 5. The fourth-order valence-electron chi connectivity index (χ4n) is 3.20. The first-order valence-corrected chi connectivity index (χ1v) is 10.3. The lowest BCUT2D eigenvalue weighted by Gasteiger charge is -2.32. The molecule has 0 spiro atoms. The van der Waals surface area contributed by atoms with Gasteiger partial charge in [-0.25, -0.2) is 14.0 Å². The molecule has 1 heterocycles. The van der Waals surface area contributed by atoms with Gasteiger partial charge < -0.3 is 25.7 Å². The van der Waals surface area contributed by atoms with E-state index in [2.05, 4.69) is 10.6 Å². The monoisotopic (exact) mass is 459 g/mol. The molecule has 2 aromatic carbocycles. The van der Waals surface area contributed by atoms with Crippen LogP contribution in [0.5, 0.6) is 0 Å². The van der Waals surface area contributed by atoms with Crippen LogP contribution in [0, 0.1) is 5.82 Å². The van der Waals surface area contributed by atoms with Gasteiger partial charge in [-0.15, -0.1) is 0 Å². The lowest BCUT2D eigenvalue weighted by Crippen LogP contribution is -2.48. The summed E-state index contributed by atoms with van der Waals surface area (Å²) in [6, 6.07) is 15.8. The lowest BCUT2D eigenvalue weighted by molar-refractivity contribution is -0.159. The van der Waals surface area contributed by atoms with Crippen LogP contribution in [-0.2, 0) is 20.9 Å². The predicted octanol–water partition coefficient (Wildman–Crippen LogP) is 1.49. The van der Waals surface area contributed by atoms with Crippen molar-refractivity contribution in [1.82, 2.24) is 15.5 Å². The molecule has 33 heavy (non-hydrogen) atoms. The minimum absolute atomic E-state index is 0.0431. The molecule has 2 aromatic rings. The van der Waals surface area contributed by atoms with E-state index in [1.807, 2.05) is 35.2 Å². The molecule has 0 aromatic heterocycles. The van der Waals surface area contributed by atoms with Gasteiger partial charge in [-0.1, -0.05) is 42.5 Å². The summed E-state index contributed by atoms with van der Waals surface area (Å²) in [5.41, 5.74) is 1.20. The van der Waals surface area contributed by atoms with Gasteiger partial charge in [0, 0.05) is 25.7 Å². The number of likely N-dealkylation sites (tertiary alicyclic amines) is 1. The van der Waals surface area contributed by atoms with Gasteiger partial charge in [0.2, 0.25) is 5.91 Å². The number of carbonyl (C=O) groups is 4. The molecule has 0 unspecified atom stereocenters. The van der Waals surface area contributed by atoms with E-state index in [-0.39, 0.29) is 17.5 Å². The number of benzene rings is 2. The van der Waals surface area contributed by atoms with Crippen molar-refractivity contribution in [3.8, 4) is 0 Å². The van der Waals surface area contributed by atoms with Crippen molar-refractivity contribution in [3.05, 3.63) is 71.5 Å². The fourth-order valence-corrected chi connectivity index (χ4v) is 3.20. The maximum Gasteiger partial charge on any atom is 0.414 e. The van der Waals surface area contributed by atoms with Gasteiger partial charge >= 0.3 is 11.9 Å². The van der Waals surface area contributed by atoms with Gasteiger partial charge in [-0.3, -0.25) is 9.59 Å². The van der Waals surface area contributed by atoms with Crippen LogP contribution < -0.4 is 10.6 Å².